The zero-order chi connectivity index (χ0) is 57.1. The molecule has 0 N–H and O–H groups in total. The first-order valence-electron chi connectivity index (χ1n) is 33.7. The van der Waals surface area contributed by atoms with Gasteiger partial charge in [0.2, 0.25) is 0 Å². The van der Waals surface area contributed by atoms with Gasteiger partial charge >= 0.3 is 17.9 Å². The Morgan fingerprint density at radius 3 is 0.772 bits per heavy atom. The van der Waals surface area contributed by atoms with Crippen molar-refractivity contribution in [3.63, 3.8) is 0 Å². The molecule has 79 heavy (non-hydrogen) atoms. The van der Waals surface area contributed by atoms with Gasteiger partial charge in [-0.3, -0.25) is 14.4 Å². The first kappa shape index (κ1) is 75.3. The Labute approximate surface area is 489 Å². The second-order valence-corrected chi connectivity index (χ2v) is 22.3. The molecule has 6 heteroatoms. The number of hydrogen-bond acceptors (Lipinski definition) is 6. The average molecular weight is 1100 g/mol. The van der Waals surface area contributed by atoms with Crippen LogP contribution in [0.1, 0.15) is 329 Å². The fraction of sp³-hybridized carbons (Fsp3) is 0.740. The molecule has 0 saturated carbocycles. The summed E-state index contributed by atoms with van der Waals surface area (Å²) in [6.07, 6.45) is 89.8. The van der Waals surface area contributed by atoms with E-state index in [9.17, 15) is 14.4 Å². The highest BCUT2D eigenvalue weighted by Gasteiger charge is 2.19. The van der Waals surface area contributed by atoms with Crippen LogP contribution in [0.2, 0.25) is 0 Å². The molecule has 0 fully saturated rings. The summed E-state index contributed by atoms with van der Waals surface area (Å²) in [7, 11) is 0. The predicted molar refractivity (Wildman–Crippen MR) is 344 cm³/mol. The van der Waals surface area contributed by atoms with E-state index in [-0.39, 0.29) is 31.1 Å². The molecule has 0 aromatic rings. The molecule has 0 aromatic heterocycles. The molecule has 0 bridgehead atoms. The number of carbonyl (C=O) groups is 3. The molecule has 1 unspecified atom stereocenters. The molecule has 0 spiro atoms. The molecule has 0 radical (unpaired) electrons. The van der Waals surface area contributed by atoms with Gasteiger partial charge < -0.3 is 14.2 Å². The van der Waals surface area contributed by atoms with Gasteiger partial charge in [-0.15, -0.1) is 0 Å². The third-order valence-electron chi connectivity index (χ3n) is 14.5. The Bertz CT molecular complexity index is 1540. The lowest BCUT2D eigenvalue weighted by atomic mass is 10.0. The number of hydrogen-bond donors (Lipinski definition) is 0. The first-order chi connectivity index (χ1) is 39.0. The SMILES string of the molecule is CC/C=C\C/C=C\C/C=C\C/C=C\CCCCCCCCCCCCCCC(=O)OCC(COC(=O)CCCCCCCCC/C=C\C/C=C\CCCCCC)OC(=O)CCCCCCCCC/C=C\C/C=C\CCCCCC. The van der Waals surface area contributed by atoms with Crippen molar-refractivity contribution in [2.75, 3.05) is 13.2 Å². The van der Waals surface area contributed by atoms with Crippen molar-refractivity contribution in [3.05, 3.63) is 97.2 Å². The average Bonchev–Trinajstić information content (AvgIpc) is 3.45. The predicted octanol–water partition coefficient (Wildman–Crippen LogP) is 23.2. The van der Waals surface area contributed by atoms with Crippen LogP contribution in [0, 0.1) is 0 Å². The highest BCUT2D eigenvalue weighted by molar-refractivity contribution is 5.71. The fourth-order valence-electron chi connectivity index (χ4n) is 9.50. The van der Waals surface area contributed by atoms with Gasteiger partial charge in [-0.05, 0) is 122 Å². The van der Waals surface area contributed by atoms with Crippen LogP contribution in [0.5, 0.6) is 0 Å². The van der Waals surface area contributed by atoms with Gasteiger partial charge in [0, 0.05) is 19.3 Å². The van der Waals surface area contributed by atoms with E-state index in [4.69, 9.17) is 14.2 Å². The molecular formula is C73H126O6. The minimum atomic E-state index is -0.788. The third kappa shape index (κ3) is 65.0. The summed E-state index contributed by atoms with van der Waals surface area (Å²) in [4.78, 5) is 38.4. The zero-order valence-corrected chi connectivity index (χ0v) is 52.1. The second-order valence-electron chi connectivity index (χ2n) is 22.3. The lowest BCUT2D eigenvalue weighted by Gasteiger charge is -2.18. The van der Waals surface area contributed by atoms with Gasteiger partial charge in [-0.2, -0.15) is 0 Å². The van der Waals surface area contributed by atoms with Crippen molar-refractivity contribution < 1.29 is 28.6 Å². The normalized spacial score (nSPS) is 12.7. The zero-order valence-electron chi connectivity index (χ0n) is 52.1. The minimum absolute atomic E-state index is 0.0831. The van der Waals surface area contributed by atoms with Crippen LogP contribution in [0.4, 0.5) is 0 Å². The van der Waals surface area contributed by atoms with Crippen molar-refractivity contribution in [3.8, 4) is 0 Å². The van der Waals surface area contributed by atoms with E-state index in [0.29, 0.717) is 19.3 Å². The lowest BCUT2D eigenvalue weighted by Crippen LogP contribution is -2.30. The number of rotatable bonds is 61. The van der Waals surface area contributed by atoms with Crippen LogP contribution in [0.25, 0.3) is 0 Å². The molecule has 6 nitrogen and oxygen atoms in total. The van der Waals surface area contributed by atoms with E-state index in [1.165, 1.54) is 180 Å². The molecule has 0 aliphatic rings. The molecule has 454 valence electrons. The van der Waals surface area contributed by atoms with Gasteiger partial charge in [0.25, 0.3) is 0 Å². The molecule has 0 aromatic carbocycles. The van der Waals surface area contributed by atoms with Gasteiger partial charge in [0.05, 0.1) is 0 Å². The van der Waals surface area contributed by atoms with E-state index < -0.39 is 6.10 Å². The monoisotopic (exact) mass is 1100 g/mol. The molecule has 0 saturated heterocycles. The van der Waals surface area contributed by atoms with Gasteiger partial charge in [-0.25, -0.2) is 0 Å². The maximum atomic E-state index is 12.9. The van der Waals surface area contributed by atoms with Crippen LogP contribution in [0.3, 0.4) is 0 Å². The lowest BCUT2D eigenvalue weighted by molar-refractivity contribution is -0.167. The number of carbonyl (C=O) groups excluding carboxylic acids is 3. The number of esters is 3. The van der Waals surface area contributed by atoms with Crippen molar-refractivity contribution in [1.82, 2.24) is 0 Å². The van der Waals surface area contributed by atoms with Crippen LogP contribution < -0.4 is 0 Å². The van der Waals surface area contributed by atoms with Crippen LogP contribution in [-0.4, -0.2) is 37.2 Å². The Morgan fingerprint density at radius 2 is 0.494 bits per heavy atom. The van der Waals surface area contributed by atoms with E-state index in [1.807, 2.05) is 0 Å². The Balaban J connectivity index is 4.37. The molecule has 0 aliphatic heterocycles. The van der Waals surface area contributed by atoms with Gasteiger partial charge in [0.1, 0.15) is 13.2 Å². The van der Waals surface area contributed by atoms with E-state index in [0.717, 1.165) is 109 Å². The largest absolute Gasteiger partial charge is 0.462 e. The van der Waals surface area contributed by atoms with Gasteiger partial charge in [-0.1, -0.05) is 285 Å². The van der Waals surface area contributed by atoms with Crippen molar-refractivity contribution >= 4 is 17.9 Å². The molecule has 0 rings (SSSR count). The van der Waals surface area contributed by atoms with Crippen molar-refractivity contribution in [2.24, 2.45) is 0 Å². The van der Waals surface area contributed by atoms with Crippen LogP contribution >= 0.6 is 0 Å². The summed E-state index contributed by atoms with van der Waals surface area (Å²) in [6.45, 7) is 6.52. The van der Waals surface area contributed by atoms with Crippen LogP contribution in [-0.2, 0) is 28.6 Å². The second kappa shape index (κ2) is 66.8. The van der Waals surface area contributed by atoms with Crippen LogP contribution in [0.15, 0.2) is 97.2 Å². The van der Waals surface area contributed by atoms with E-state index >= 15 is 0 Å². The summed E-state index contributed by atoms with van der Waals surface area (Å²) in [5.41, 5.74) is 0. The number of allylic oxidation sites excluding steroid dienone is 16. The molecule has 0 amide bonds. The van der Waals surface area contributed by atoms with Crippen molar-refractivity contribution in [1.29, 1.82) is 0 Å². The molecule has 1 atom stereocenters. The smallest absolute Gasteiger partial charge is 0.306 e. The fourth-order valence-corrected chi connectivity index (χ4v) is 9.50. The summed E-state index contributed by atoms with van der Waals surface area (Å²) in [5.74, 6) is -0.887. The summed E-state index contributed by atoms with van der Waals surface area (Å²) < 4.78 is 17.0. The summed E-state index contributed by atoms with van der Waals surface area (Å²) >= 11 is 0. The molecular weight excluding hydrogens is 973 g/mol. The molecule has 0 aliphatic carbocycles. The van der Waals surface area contributed by atoms with Crippen molar-refractivity contribution in [2.45, 2.75) is 335 Å². The van der Waals surface area contributed by atoms with E-state index in [2.05, 4.69) is 118 Å². The molecule has 0 heterocycles. The third-order valence-corrected chi connectivity index (χ3v) is 14.5. The highest BCUT2D eigenvalue weighted by atomic mass is 16.6. The minimum Gasteiger partial charge on any atom is -0.462 e. The first-order valence-corrected chi connectivity index (χ1v) is 33.7. The standard InChI is InChI=1S/C73H126O6/c1-4-7-10-13-16-19-22-25-28-31-34-35-36-37-38-39-40-43-45-48-51-54-57-60-63-66-72(75)78-69-70(79-73(76)67-64-61-58-55-52-49-46-42-33-30-27-24-21-18-15-12-9-6-3)68-77-71(74)65-62-59-56-53-50-47-44-41-32-29-26-23-20-17-14-11-8-5-2/h7,10,16,19-21,23-25,28-30,32-35,70H,4-6,8-9,11-15,17-18,22,26-27,31,36-69H2,1-3H3/b10-7-,19-16-,23-20-,24-21-,28-25-,32-29-,33-30-,35-34-. The number of unbranched alkanes of at least 4 members (excludes halogenated alkanes) is 34. The Morgan fingerprint density at radius 1 is 0.266 bits per heavy atom. The quantitative estimate of drug-likeness (QED) is 0.0261. The summed E-state index contributed by atoms with van der Waals surface area (Å²) in [6, 6.07) is 0. The summed E-state index contributed by atoms with van der Waals surface area (Å²) in [5, 5.41) is 0. The maximum absolute atomic E-state index is 12.9. The number of ether oxygens (including phenoxy) is 3. The maximum Gasteiger partial charge on any atom is 0.306 e. The Kier molecular flexibility index (Phi) is 63.7. The van der Waals surface area contributed by atoms with Gasteiger partial charge in [0.15, 0.2) is 6.10 Å². The van der Waals surface area contributed by atoms with E-state index in [1.54, 1.807) is 0 Å². The highest BCUT2D eigenvalue weighted by Crippen LogP contribution is 2.16. The Hall–Kier alpha value is -3.67. The topological polar surface area (TPSA) is 78.9 Å².